The summed E-state index contributed by atoms with van der Waals surface area (Å²) in [6.07, 6.45) is 49.9. The maximum Gasteiger partial charge on any atom is 0.220 e. The van der Waals surface area contributed by atoms with E-state index in [1.807, 2.05) is 0 Å². The molecule has 3 rings (SSSR count). The van der Waals surface area contributed by atoms with Crippen molar-refractivity contribution in [1.82, 2.24) is 5.32 Å². The number of aliphatic hydroxyl groups excluding tert-OH is 11. The van der Waals surface area contributed by atoms with Crippen LogP contribution in [-0.2, 0) is 33.2 Å². The first-order valence-electron chi connectivity index (χ1n) is 39.2. The molecule has 12 N–H and O–H groups in total. The lowest BCUT2D eigenvalue weighted by atomic mass is 9.96. The zero-order valence-electron chi connectivity index (χ0n) is 60.8. The summed E-state index contributed by atoms with van der Waals surface area (Å²) < 4.78 is 34.5. The highest BCUT2D eigenvalue weighted by Crippen LogP contribution is 2.33. The molecule has 17 unspecified atom stereocenters. The Morgan fingerprint density at radius 1 is 0.378 bits per heavy atom. The Labute approximate surface area is 591 Å². The minimum absolute atomic E-state index is 0.241. The molecule has 17 atom stereocenters. The minimum Gasteiger partial charge on any atom is -0.394 e. The molecule has 0 bridgehead atoms. The number of aliphatic hydroxyl groups is 11. The quantitative estimate of drug-likeness (QED) is 0.0199. The molecule has 1 amide bonds. The molecule has 0 aromatic rings. The highest BCUT2D eigenvalue weighted by Gasteiger charge is 2.54. The number of carbonyl (C=O) groups excluding carboxylic acids is 1. The molecule has 3 saturated heterocycles. The number of carbonyl (C=O) groups is 1. The number of rotatable bonds is 61. The van der Waals surface area contributed by atoms with Crippen LogP contribution >= 0.6 is 0 Å². The first-order chi connectivity index (χ1) is 47.8. The maximum absolute atomic E-state index is 13.5. The molecule has 0 aliphatic carbocycles. The molecule has 0 radical (unpaired) electrons. The van der Waals surface area contributed by atoms with Crippen molar-refractivity contribution in [2.24, 2.45) is 0 Å². The van der Waals surface area contributed by atoms with Gasteiger partial charge in [0.25, 0.3) is 0 Å². The number of ether oxygens (including phenoxy) is 6. The fourth-order valence-electron chi connectivity index (χ4n) is 13.0. The lowest BCUT2D eigenvalue weighted by Crippen LogP contribution is -2.66. The van der Waals surface area contributed by atoms with Crippen molar-refractivity contribution in [3.63, 3.8) is 0 Å². The predicted octanol–water partition coefficient (Wildman–Crippen LogP) is 12.4. The van der Waals surface area contributed by atoms with Gasteiger partial charge in [-0.05, 0) is 64.2 Å². The number of nitrogens with one attached hydrogen (secondary N) is 1. The molecular weight excluding hydrogens is 1250 g/mol. The minimum atomic E-state index is -1.97. The van der Waals surface area contributed by atoms with E-state index in [1.54, 1.807) is 0 Å². The molecule has 3 aliphatic heterocycles. The van der Waals surface area contributed by atoms with Crippen molar-refractivity contribution in [1.29, 1.82) is 0 Å². The van der Waals surface area contributed by atoms with Crippen LogP contribution in [0.3, 0.4) is 0 Å². The largest absolute Gasteiger partial charge is 0.394 e. The summed E-state index contributed by atoms with van der Waals surface area (Å²) >= 11 is 0. The summed E-state index contributed by atoms with van der Waals surface area (Å²) in [6.45, 7) is 1.71. The Morgan fingerprint density at radius 2 is 0.704 bits per heavy atom. The summed E-state index contributed by atoms with van der Waals surface area (Å²) in [4.78, 5) is 13.5. The highest BCUT2D eigenvalue weighted by molar-refractivity contribution is 5.76. The van der Waals surface area contributed by atoms with Crippen molar-refractivity contribution in [3.8, 4) is 0 Å². The first kappa shape index (κ1) is 89.4. The molecule has 0 spiro atoms. The molecule has 98 heavy (non-hydrogen) atoms. The van der Waals surface area contributed by atoms with Gasteiger partial charge in [0.05, 0.1) is 38.6 Å². The maximum atomic E-state index is 13.5. The Morgan fingerprint density at radius 3 is 1.10 bits per heavy atom. The monoisotopic (exact) mass is 1390 g/mol. The van der Waals surface area contributed by atoms with Crippen molar-refractivity contribution >= 4 is 5.91 Å². The molecule has 19 heteroatoms. The normalized spacial score (nSPS) is 27.1. The van der Waals surface area contributed by atoms with Gasteiger partial charge in [0.2, 0.25) is 5.91 Å². The van der Waals surface area contributed by atoms with Gasteiger partial charge in [-0.2, -0.15) is 0 Å². The van der Waals surface area contributed by atoms with Gasteiger partial charge in [0, 0.05) is 6.42 Å². The zero-order chi connectivity index (χ0) is 71.1. The molecular formula is C79H141NO18. The zero-order valence-corrected chi connectivity index (χ0v) is 60.8. The number of amides is 1. The number of unbranched alkanes of at least 4 members (excludes halogenated alkanes) is 33. The van der Waals surface area contributed by atoms with Gasteiger partial charge < -0.3 is 89.9 Å². The smallest absolute Gasteiger partial charge is 0.220 e. The number of allylic oxidation sites excluding steroid dienone is 12. The van der Waals surface area contributed by atoms with Crippen LogP contribution in [0.1, 0.15) is 290 Å². The molecule has 3 aliphatic rings. The second-order valence-electron chi connectivity index (χ2n) is 27.8. The van der Waals surface area contributed by atoms with E-state index in [1.165, 1.54) is 173 Å². The van der Waals surface area contributed by atoms with Crippen LogP contribution < -0.4 is 5.32 Å². The third-order valence-corrected chi connectivity index (χ3v) is 19.3. The van der Waals surface area contributed by atoms with E-state index in [-0.39, 0.29) is 18.9 Å². The fraction of sp³-hybridized carbons (Fsp3) is 0.835. The Kier molecular flexibility index (Phi) is 54.4. The van der Waals surface area contributed by atoms with Gasteiger partial charge in [-0.1, -0.05) is 292 Å². The lowest BCUT2D eigenvalue weighted by Gasteiger charge is -2.48. The van der Waals surface area contributed by atoms with Crippen LogP contribution in [0.4, 0.5) is 0 Å². The summed E-state index contributed by atoms with van der Waals surface area (Å²) in [5, 5.41) is 121. The van der Waals surface area contributed by atoms with Crippen LogP contribution in [0.2, 0.25) is 0 Å². The standard InChI is InChI=1S/C79H141NO18/c1-3-5-7-9-11-13-15-17-19-21-22-23-24-25-26-27-28-29-30-31-32-33-34-35-36-37-38-39-40-41-43-45-47-49-51-53-55-57-67(85)80-62(63(84)56-54-52-50-48-46-44-42-20-18-16-14-12-10-8-6-4-2)61-93-77-73(91)70(88)75(65(59-82)95-77)98-79-74(92)71(89)76(66(60-83)96-79)97-78-72(90)69(87)68(86)64(58-81)94-78/h5,7,11,13,17,19,22-23,25-26,28-29,62-66,68-79,81-84,86-92H,3-4,6,8-10,12,14-16,18,20-21,24,27,30-61H2,1-2H3,(H,80,85)/b7-5-,13-11-,19-17-,23-22-,26-25-,29-28-. The molecule has 570 valence electrons. The van der Waals surface area contributed by atoms with Crippen LogP contribution in [0.5, 0.6) is 0 Å². The Balaban J connectivity index is 1.32. The van der Waals surface area contributed by atoms with E-state index in [9.17, 15) is 61.0 Å². The average Bonchev–Trinajstić information content (AvgIpc) is 0.784. The van der Waals surface area contributed by atoms with Gasteiger partial charge in [-0.25, -0.2) is 0 Å². The van der Waals surface area contributed by atoms with Crippen molar-refractivity contribution in [3.05, 3.63) is 72.9 Å². The molecule has 0 saturated carbocycles. The van der Waals surface area contributed by atoms with Crippen LogP contribution in [0, 0.1) is 0 Å². The molecule has 0 aromatic heterocycles. The molecule has 3 heterocycles. The van der Waals surface area contributed by atoms with Crippen molar-refractivity contribution in [2.75, 3.05) is 26.4 Å². The topological polar surface area (TPSA) is 307 Å². The van der Waals surface area contributed by atoms with Gasteiger partial charge in [0.15, 0.2) is 18.9 Å². The second-order valence-corrected chi connectivity index (χ2v) is 27.8. The van der Waals surface area contributed by atoms with E-state index in [4.69, 9.17) is 28.4 Å². The number of hydrogen-bond acceptors (Lipinski definition) is 18. The van der Waals surface area contributed by atoms with Gasteiger partial charge in [0.1, 0.15) is 73.2 Å². The third kappa shape index (κ3) is 39.8. The summed E-state index contributed by atoms with van der Waals surface area (Å²) in [5.41, 5.74) is 0. The van der Waals surface area contributed by atoms with Crippen LogP contribution in [-0.4, -0.2) is 193 Å². The van der Waals surface area contributed by atoms with E-state index < -0.39 is 124 Å². The number of hydrogen-bond donors (Lipinski definition) is 12. The highest BCUT2D eigenvalue weighted by atomic mass is 16.8. The molecule has 3 fully saturated rings. The van der Waals surface area contributed by atoms with Gasteiger partial charge >= 0.3 is 0 Å². The van der Waals surface area contributed by atoms with E-state index in [0.717, 1.165) is 83.5 Å². The average molecular weight is 1390 g/mol. The van der Waals surface area contributed by atoms with Crippen LogP contribution in [0.15, 0.2) is 72.9 Å². The van der Waals surface area contributed by atoms with Gasteiger partial charge in [-0.15, -0.1) is 0 Å². The summed E-state index contributed by atoms with van der Waals surface area (Å²) in [5.74, 6) is -0.241. The van der Waals surface area contributed by atoms with E-state index in [0.29, 0.717) is 12.8 Å². The van der Waals surface area contributed by atoms with E-state index in [2.05, 4.69) is 92.1 Å². The van der Waals surface area contributed by atoms with Gasteiger partial charge in [-0.3, -0.25) is 4.79 Å². The Bertz CT molecular complexity index is 2050. The van der Waals surface area contributed by atoms with Crippen molar-refractivity contribution < 1.29 is 89.4 Å². The summed E-state index contributed by atoms with van der Waals surface area (Å²) in [6, 6.07) is -0.889. The predicted molar refractivity (Wildman–Crippen MR) is 388 cm³/mol. The second kappa shape index (κ2) is 59.6. The SMILES string of the molecule is CC/C=C\C/C=C\C/C=C\C/C=C\C/C=C\C/C=C\CCCCCCCCCCCCCCCCCCCCC(=O)NC(COC1OC(CO)C(OC2OC(CO)C(OC3OC(CO)C(O)C(O)C3O)C(O)C2O)C(O)C1O)C(O)CCCCCCCCCCCCCCCCCC. The van der Waals surface area contributed by atoms with Crippen LogP contribution in [0.25, 0.3) is 0 Å². The fourth-order valence-corrected chi connectivity index (χ4v) is 13.0. The third-order valence-electron chi connectivity index (χ3n) is 19.3. The summed E-state index contributed by atoms with van der Waals surface area (Å²) in [7, 11) is 0. The molecule has 0 aromatic carbocycles. The van der Waals surface area contributed by atoms with Crippen molar-refractivity contribution in [2.45, 2.75) is 394 Å². The lowest BCUT2D eigenvalue weighted by molar-refractivity contribution is -0.379. The Hall–Kier alpha value is -2.77. The first-order valence-corrected chi connectivity index (χ1v) is 39.2. The van der Waals surface area contributed by atoms with E-state index >= 15 is 0 Å². The molecule has 19 nitrogen and oxygen atoms in total.